The summed E-state index contributed by atoms with van der Waals surface area (Å²) in [5, 5.41) is 12.1. The van der Waals surface area contributed by atoms with E-state index < -0.39 is 40.7 Å². The van der Waals surface area contributed by atoms with Crippen LogP contribution < -0.4 is 25.3 Å². The van der Waals surface area contributed by atoms with Gasteiger partial charge in [0.1, 0.15) is 17.8 Å². The number of carbonyl (C=O) groups is 3. The fourth-order valence-corrected chi connectivity index (χ4v) is 5.96. The van der Waals surface area contributed by atoms with Crippen molar-refractivity contribution in [2.75, 3.05) is 42.6 Å². The number of fused-ring (bicyclic) bond motifs is 1. The van der Waals surface area contributed by atoms with Crippen molar-refractivity contribution in [2.24, 2.45) is 5.92 Å². The number of rotatable bonds is 10. The molecule has 1 unspecified atom stereocenters. The van der Waals surface area contributed by atoms with Crippen molar-refractivity contribution in [3.63, 3.8) is 0 Å². The van der Waals surface area contributed by atoms with Crippen LogP contribution in [0.1, 0.15) is 55.4 Å². The number of amides is 2. The predicted octanol–water partition coefficient (Wildman–Crippen LogP) is 3.85. The van der Waals surface area contributed by atoms with Crippen molar-refractivity contribution < 1.29 is 37.7 Å². The predicted molar refractivity (Wildman–Crippen MR) is 159 cm³/mol. The highest BCUT2D eigenvalue weighted by Gasteiger charge is 2.35. The molecule has 2 saturated heterocycles. The Hall–Kier alpha value is -4.75. The molecule has 6 rings (SSSR count). The highest BCUT2D eigenvalue weighted by molar-refractivity contribution is 5.92. The lowest BCUT2D eigenvalue weighted by molar-refractivity contribution is -0.119. The second kappa shape index (κ2) is 12.3. The molecule has 2 N–H and O–H groups in total. The minimum Gasteiger partial charge on any atom is -0.491 e. The molecule has 0 radical (unpaired) electrons. The second-order valence-corrected chi connectivity index (χ2v) is 11.7. The molecule has 4 heterocycles. The lowest BCUT2D eigenvalue weighted by atomic mass is 9.94. The van der Waals surface area contributed by atoms with Gasteiger partial charge in [-0.2, -0.15) is 0 Å². The number of nitrogens with zero attached hydrogens (tertiary/aromatic N) is 4. The van der Waals surface area contributed by atoms with E-state index in [0.717, 1.165) is 31.7 Å². The largest absolute Gasteiger partial charge is 0.491 e. The summed E-state index contributed by atoms with van der Waals surface area (Å²) in [5.74, 6) is -2.45. The molecule has 1 aromatic carbocycles. The van der Waals surface area contributed by atoms with Crippen LogP contribution in [0.25, 0.3) is 11.0 Å². The Morgan fingerprint density at radius 1 is 1.11 bits per heavy atom. The van der Waals surface area contributed by atoms with Crippen LogP contribution in [0.15, 0.2) is 35.3 Å². The average molecular weight is 626 g/mol. The third kappa shape index (κ3) is 6.26. The third-order valence-electron chi connectivity index (χ3n) is 8.55. The first kappa shape index (κ1) is 30.3. The molecule has 3 aromatic rings. The Labute approximate surface area is 256 Å². The fourth-order valence-electron chi connectivity index (χ4n) is 5.96. The van der Waals surface area contributed by atoms with Gasteiger partial charge in [-0.05, 0) is 56.2 Å². The topological polar surface area (TPSA) is 143 Å². The molecular weight excluding hydrogens is 592 g/mol. The number of hydrogen-bond donors (Lipinski definition) is 2. The second-order valence-electron chi connectivity index (χ2n) is 11.7. The lowest BCUT2D eigenvalue weighted by Gasteiger charge is -2.33. The number of piperidine rings is 1. The number of carboxylic acid groups (broad SMARTS) is 1. The molecule has 2 aliphatic heterocycles. The van der Waals surface area contributed by atoms with Gasteiger partial charge in [-0.25, -0.2) is 23.4 Å². The van der Waals surface area contributed by atoms with E-state index in [1.807, 2.05) is 4.90 Å². The standard InChI is InChI=1S/C31H33F2N5O7/c1-17(39)34-14-21-16-45-31(43)38(21)20-4-5-26(24(32)12-20)44-11-8-18-6-9-36(10-7-18)29-25(33)13-22-27(40)23(30(41)42)15-37(19-2-3-19)28(22)35-29/h4-5,12-13,15,18-19,21H,2-3,6-11,14,16H2,1H3,(H,34,39)(H,41,42). The van der Waals surface area contributed by atoms with Gasteiger partial charge in [0, 0.05) is 44.9 Å². The van der Waals surface area contributed by atoms with E-state index in [4.69, 9.17) is 9.47 Å². The zero-order chi connectivity index (χ0) is 31.8. The normalized spacial score (nSPS) is 18.7. The van der Waals surface area contributed by atoms with E-state index in [-0.39, 0.29) is 60.2 Å². The molecule has 2 amide bonds. The van der Waals surface area contributed by atoms with Crippen molar-refractivity contribution in [2.45, 2.75) is 51.1 Å². The lowest BCUT2D eigenvalue weighted by Crippen LogP contribution is -2.42. The first-order chi connectivity index (χ1) is 21.6. The van der Waals surface area contributed by atoms with Gasteiger partial charge in [0.2, 0.25) is 11.3 Å². The number of nitrogens with one attached hydrogen (secondary N) is 1. The van der Waals surface area contributed by atoms with Crippen LogP contribution >= 0.6 is 0 Å². The molecule has 2 aromatic heterocycles. The minimum absolute atomic E-state index is 0.0347. The number of ether oxygens (including phenoxy) is 2. The van der Waals surface area contributed by atoms with Crippen molar-refractivity contribution in [1.29, 1.82) is 0 Å². The fraction of sp³-hybridized carbons (Fsp3) is 0.452. The van der Waals surface area contributed by atoms with E-state index in [2.05, 4.69) is 10.3 Å². The van der Waals surface area contributed by atoms with Gasteiger partial charge in [-0.3, -0.25) is 14.5 Å². The first-order valence-corrected chi connectivity index (χ1v) is 15.0. The van der Waals surface area contributed by atoms with Crippen molar-refractivity contribution in [3.05, 3.63) is 57.9 Å². The van der Waals surface area contributed by atoms with E-state index in [1.54, 1.807) is 10.6 Å². The number of carboxylic acids is 1. The Bertz CT molecular complexity index is 1720. The van der Waals surface area contributed by atoms with Crippen LogP contribution in [0.2, 0.25) is 0 Å². The molecule has 0 spiro atoms. The Morgan fingerprint density at radius 3 is 2.53 bits per heavy atom. The summed E-state index contributed by atoms with van der Waals surface area (Å²) in [6.07, 6.45) is 4.47. The van der Waals surface area contributed by atoms with Gasteiger partial charge in [-0.1, -0.05) is 0 Å². The highest BCUT2D eigenvalue weighted by atomic mass is 19.1. The Morgan fingerprint density at radius 2 is 1.87 bits per heavy atom. The smallest absolute Gasteiger partial charge is 0.414 e. The van der Waals surface area contributed by atoms with Crippen LogP contribution in [-0.2, 0) is 9.53 Å². The molecule has 1 saturated carbocycles. The van der Waals surface area contributed by atoms with E-state index >= 15 is 4.39 Å². The summed E-state index contributed by atoms with van der Waals surface area (Å²) >= 11 is 0. The van der Waals surface area contributed by atoms with Gasteiger partial charge in [0.15, 0.2) is 23.2 Å². The summed E-state index contributed by atoms with van der Waals surface area (Å²) in [7, 11) is 0. The highest BCUT2D eigenvalue weighted by Crippen LogP contribution is 2.37. The number of cyclic esters (lactones) is 1. The molecular formula is C31H33F2N5O7. The molecule has 12 nitrogen and oxygen atoms in total. The zero-order valence-electron chi connectivity index (χ0n) is 24.6. The molecule has 45 heavy (non-hydrogen) atoms. The quantitative estimate of drug-likeness (QED) is 0.343. The number of aromatic carboxylic acids is 1. The maximum Gasteiger partial charge on any atom is 0.414 e. The number of anilines is 2. The van der Waals surface area contributed by atoms with Crippen molar-refractivity contribution in [1.82, 2.24) is 14.9 Å². The van der Waals surface area contributed by atoms with Crippen LogP contribution in [-0.4, -0.2) is 71.5 Å². The summed E-state index contributed by atoms with van der Waals surface area (Å²) in [6.45, 7) is 2.94. The Balaban J connectivity index is 1.06. The first-order valence-electron chi connectivity index (χ1n) is 15.0. The van der Waals surface area contributed by atoms with E-state index in [0.29, 0.717) is 25.2 Å². The van der Waals surface area contributed by atoms with Gasteiger partial charge >= 0.3 is 12.1 Å². The number of benzene rings is 1. The van der Waals surface area contributed by atoms with Crippen molar-refractivity contribution >= 4 is 40.5 Å². The monoisotopic (exact) mass is 625 g/mol. The molecule has 1 atom stereocenters. The van der Waals surface area contributed by atoms with Gasteiger partial charge in [-0.15, -0.1) is 0 Å². The molecule has 3 aliphatic rings. The number of halogens is 2. The van der Waals surface area contributed by atoms with E-state index in [9.17, 15) is 28.7 Å². The summed E-state index contributed by atoms with van der Waals surface area (Å²) in [6, 6.07) is 4.92. The van der Waals surface area contributed by atoms with Gasteiger partial charge < -0.3 is 29.4 Å². The van der Waals surface area contributed by atoms with Crippen LogP contribution in [0.3, 0.4) is 0 Å². The molecule has 238 valence electrons. The zero-order valence-corrected chi connectivity index (χ0v) is 24.6. The van der Waals surface area contributed by atoms with Gasteiger partial charge in [0.25, 0.3) is 0 Å². The SMILES string of the molecule is CC(=O)NCC1COC(=O)N1c1ccc(OCCC2CCN(c3nc4c(cc3F)c(=O)c(C(=O)O)cn4C3CC3)CC2)c(F)c1. The third-order valence-corrected chi connectivity index (χ3v) is 8.55. The Kier molecular flexibility index (Phi) is 8.30. The molecule has 1 aliphatic carbocycles. The van der Waals surface area contributed by atoms with E-state index in [1.165, 1.54) is 30.2 Å². The molecule has 3 fully saturated rings. The van der Waals surface area contributed by atoms with Crippen molar-refractivity contribution in [3.8, 4) is 5.75 Å². The maximum absolute atomic E-state index is 15.2. The summed E-state index contributed by atoms with van der Waals surface area (Å²) < 4.78 is 42.6. The van der Waals surface area contributed by atoms with Crippen LogP contribution in [0.4, 0.5) is 25.1 Å². The number of aromatic nitrogens is 2. The maximum atomic E-state index is 15.2. The number of pyridine rings is 2. The average Bonchev–Trinajstić information content (AvgIpc) is 3.79. The molecule has 0 bridgehead atoms. The van der Waals surface area contributed by atoms with Crippen LogP contribution in [0.5, 0.6) is 5.75 Å². The minimum atomic E-state index is -1.35. The number of hydrogen-bond acceptors (Lipinski definition) is 8. The number of carbonyl (C=O) groups excluding carboxylic acids is 2. The molecule has 14 heteroatoms. The summed E-state index contributed by atoms with van der Waals surface area (Å²) in [4.78, 5) is 55.5. The van der Waals surface area contributed by atoms with Crippen LogP contribution in [0, 0.1) is 17.6 Å². The summed E-state index contributed by atoms with van der Waals surface area (Å²) in [5.41, 5.74) is -0.555. The van der Waals surface area contributed by atoms with Gasteiger partial charge in [0.05, 0.1) is 23.7 Å².